The van der Waals surface area contributed by atoms with Gasteiger partial charge in [-0.05, 0) is 6.42 Å². The summed E-state index contributed by atoms with van der Waals surface area (Å²) in [5.41, 5.74) is 0.997. The van der Waals surface area contributed by atoms with Crippen LogP contribution in [0.1, 0.15) is 19.0 Å². The van der Waals surface area contributed by atoms with Crippen LogP contribution in [0.25, 0.3) is 0 Å². The molecule has 2 N–H and O–H groups in total. The maximum Gasteiger partial charge on any atom is 0.227 e. The number of hydrogen-bond donors (Lipinski definition) is 2. The van der Waals surface area contributed by atoms with Gasteiger partial charge in [-0.2, -0.15) is 10.2 Å². The van der Waals surface area contributed by atoms with Crippen molar-refractivity contribution in [2.45, 2.75) is 26.3 Å². The lowest BCUT2D eigenvalue weighted by atomic mass is 10.3. The Hall–Kier alpha value is -2.18. The predicted molar refractivity (Wildman–Crippen MR) is 61.2 cm³/mol. The molecule has 0 aliphatic rings. The summed E-state index contributed by atoms with van der Waals surface area (Å²) in [6.45, 7) is 2.53. The van der Waals surface area contributed by atoms with E-state index < -0.39 is 0 Å². The molecule has 0 radical (unpaired) electrons. The summed E-state index contributed by atoms with van der Waals surface area (Å²) in [7, 11) is 0. The van der Waals surface area contributed by atoms with Crippen LogP contribution in [0.15, 0.2) is 18.7 Å². The van der Waals surface area contributed by atoms with Crippen LogP contribution in [0.4, 0.5) is 5.82 Å². The van der Waals surface area contributed by atoms with Gasteiger partial charge in [0.2, 0.25) is 5.91 Å². The van der Waals surface area contributed by atoms with Crippen molar-refractivity contribution < 1.29 is 4.79 Å². The highest BCUT2D eigenvalue weighted by Gasteiger charge is 2.05. The minimum Gasteiger partial charge on any atom is -0.309 e. The third-order valence-corrected chi connectivity index (χ3v) is 2.31. The fourth-order valence-corrected chi connectivity index (χ4v) is 1.38. The normalized spacial score (nSPS) is 10.4. The van der Waals surface area contributed by atoms with Gasteiger partial charge in [0.1, 0.15) is 12.7 Å². The summed E-state index contributed by atoms with van der Waals surface area (Å²) in [5.74, 6) is 0.472. The molecule has 0 aliphatic carbocycles. The first-order chi connectivity index (χ1) is 8.28. The molecule has 0 aromatic carbocycles. The number of nitrogens with one attached hydrogen (secondary N) is 2. The molecule has 0 atom stereocenters. The van der Waals surface area contributed by atoms with E-state index in [9.17, 15) is 4.79 Å². The minimum absolute atomic E-state index is 0.0883. The number of anilines is 1. The molecule has 0 saturated carbocycles. The zero-order chi connectivity index (χ0) is 12.1. The Morgan fingerprint density at radius 2 is 2.47 bits per heavy atom. The molecular formula is C10H14N6O. The second kappa shape index (κ2) is 5.24. The van der Waals surface area contributed by atoms with Crippen molar-refractivity contribution in [3.8, 4) is 0 Å². The van der Waals surface area contributed by atoms with Crippen molar-refractivity contribution in [3.05, 3.63) is 24.4 Å². The maximum atomic E-state index is 11.6. The molecule has 7 heteroatoms. The number of rotatable bonds is 5. The van der Waals surface area contributed by atoms with Gasteiger partial charge in [0.05, 0.1) is 6.54 Å². The Morgan fingerprint density at radius 3 is 3.12 bits per heavy atom. The molecule has 90 valence electrons. The Labute approximate surface area is 98.2 Å². The minimum atomic E-state index is -0.0883. The first-order valence-electron chi connectivity index (χ1n) is 5.44. The molecule has 2 heterocycles. The summed E-state index contributed by atoms with van der Waals surface area (Å²) < 4.78 is 1.61. The number of aryl methyl sites for hydroxylation is 2. The van der Waals surface area contributed by atoms with E-state index in [-0.39, 0.29) is 5.91 Å². The topological polar surface area (TPSA) is 88.5 Å². The molecule has 7 nitrogen and oxygen atoms in total. The fourth-order valence-electron chi connectivity index (χ4n) is 1.38. The van der Waals surface area contributed by atoms with Crippen LogP contribution in [-0.4, -0.2) is 30.9 Å². The zero-order valence-corrected chi connectivity index (χ0v) is 9.55. The maximum absolute atomic E-state index is 11.6. The highest BCUT2D eigenvalue weighted by atomic mass is 16.1. The van der Waals surface area contributed by atoms with Gasteiger partial charge in [-0.15, -0.1) is 0 Å². The quantitative estimate of drug-likeness (QED) is 0.792. The number of amides is 1. The Balaban J connectivity index is 1.81. The Morgan fingerprint density at radius 1 is 1.59 bits per heavy atom. The number of carbonyl (C=O) groups is 1. The van der Waals surface area contributed by atoms with Crippen molar-refractivity contribution in [2.75, 3.05) is 5.32 Å². The summed E-state index contributed by atoms with van der Waals surface area (Å²) >= 11 is 0. The molecule has 0 saturated heterocycles. The molecule has 2 aromatic rings. The highest BCUT2D eigenvalue weighted by Crippen LogP contribution is 2.06. The number of carbonyl (C=O) groups excluding carboxylic acids is 1. The Bertz CT molecular complexity index is 475. The summed E-state index contributed by atoms with van der Waals surface area (Å²) in [6.07, 6.45) is 4.23. The lowest BCUT2D eigenvalue weighted by Gasteiger charge is -2.01. The van der Waals surface area contributed by atoms with Gasteiger partial charge in [0.25, 0.3) is 0 Å². The van der Waals surface area contributed by atoms with Gasteiger partial charge in [-0.1, -0.05) is 6.92 Å². The van der Waals surface area contributed by atoms with E-state index in [0.29, 0.717) is 18.8 Å². The molecule has 0 spiro atoms. The van der Waals surface area contributed by atoms with Crippen LogP contribution in [0.2, 0.25) is 0 Å². The lowest BCUT2D eigenvalue weighted by molar-refractivity contribution is -0.116. The molecule has 0 unspecified atom stereocenters. The number of nitrogens with zero attached hydrogens (tertiary/aromatic N) is 4. The first-order valence-corrected chi connectivity index (χ1v) is 5.44. The van der Waals surface area contributed by atoms with E-state index in [1.807, 2.05) is 13.0 Å². The lowest BCUT2D eigenvalue weighted by Crippen LogP contribution is -2.14. The SMILES string of the molecule is CCc1cc(NC(=O)CCn2cncn2)n[nH]1. The van der Waals surface area contributed by atoms with Crippen molar-refractivity contribution in [1.82, 2.24) is 25.0 Å². The highest BCUT2D eigenvalue weighted by molar-refractivity contribution is 5.89. The molecule has 17 heavy (non-hydrogen) atoms. The van der Waals surface area contributed by atoms with Crippen LogP contribution in [-0.2, 0) is 17.8 Å². The van der Waals surface area contributed by atoms with Gasteiger partial charge < -0.3 is 5.32 Å². The second-order valence-corrected chi connectivity index (χ2v) is 3.59. The molecule has 2 rings (SSSR count). The monoisotopic (exact) mass is 234 g/mol. The third-order valence-electron chi connectivity index (χ3n) is 2.31. The van der Waals surface area contributed by atoms with Gasteiger partial charge in [0.15, 0.2) is 5.82 Å². The van der Waals surface area contributed by atoms with Crippen LogP contribution >= 0.6 is 0 Å². The zero-order valence-electron chi connectivity index (χ0n) is 9.55. The summed E-state index contributed by atoms with van der Waals surface area (Å²) in [6, 6.07) is 1.83. The average molecular weight is 234 g/mol. The smallest absolute Gasteiger partial charge is 0.227 e. The largest absolute Gasteiger partial charge is 0.309 e. The first kappa shape index (κ1) is 11.3. The number of aromatic amines is 1. The van der Waals surface area contributed by atoms with Gasteiger partial charge in [-0.3, -0.25) is 14.6 Å². The summed E-state index contributed by atoms with van der Waals surface area (Å²) in [4.78, 5) is 15.4. The average Bonchev–Trinajstić information content (AvgIpc) is 2.97. The van der Waals surface area contributed by atoms with Gasteiger partial charge in [-0.25, -0.2) is 4.98 Å². The van der Waals surface area contributed by atoms with Gasteiger partial charge >= 0.3 is 0 Å². The fraction of sp³-hybridized carbons (Fsp3) is 0.400. The van der Waals surface area contributed by atoms with Crippen molar-refractivity contribution in [1.29, 1.82) is 0 Å². The van der Waals surface area contributed by atoms with Crippen LogP contribution in [0.3, 0.4) is 0 Å². The third kappa shape index (κ3) is 3.13. The number of H-pyrrole nitrogens is 1. The van der Waals surface area contributed by atoms with Crippen LogP contribution in [0.5, 0.6) is 0 Å². The van der Waals surface area contributed by atoms with Gasteiger partial charge in [0, 0.05) is 18.2 Å². The van der Waals surface area contributed by atoms with Crippen molar-refractivity contribution >= 4 is 11.7 Å². The standard InChI is InChI=1S/C10H14N6O/c1-2-8-5-9(15-14-8)13-10(17)3-4-16-7-11-6-12-16/h5-7H,2-4H2,1H3,(H2,13,14,15,17). The second-order valence-electron chi connectivity index (χ2n) is 3.59. The van der Waals surface area contributed by atoms with Crippen molar-refractivity contribution in [3.63, 3.8) is 0 Å². The molecule has 2 aromatic heterocycles. The molecule has 0 fully saturated rings. The van der Waals surface area contributed by atoms with E-state index in [1.54, 1.807) is 11.0 Å². The van der Waals surface area contributed by atoms with E-state index in [0.717, 1.165) is 12.1 Å². The van der Waals surface area contributed by atoms with Crippen LogP contribution in [0, 0.1) is 0 Å². The van der Waals surface area contributed by atoms with E-state index in [4.69, 9.17) is 0 Å². The molecular weight excluding hydrogens is 220 g/mol. The van der Waals surface area contributed by atoms with E-state index >= 15 is 0 Å². The Kier molecular flexibility index (Phi) is 3.49. The predicted octanol–water partition coefficient (Wildman–Crippen LogP) is 0.592. The molecule has 0 aliphatic heterocycles. The number of hydrogen-bond acceptors (Lipinski definition) is 4. The van der Waals surface area contributed by atoms with E-state index in [1.165, 1.54) is 6.33 Å². The summed E-state index contributed by atoms with van der Waals surface area (Å²) in [5, 5.41) is 13.5. The molecule has 0 bridgehead atoms. The number of aromatic nitrogens is 5. The van der Waals surface area contributed by atoms with Crippen molar-refractivity contribution in [2.24, 2.45) is 0 Å². The molecule has 1 amide bonds. The van der Waals surface area contributed by atoms with E-state index in [2.05, 4.69) is 25.6 Å². The van der Waals surface area contributed by atoms with Crippen LogP contribution < -0.4 is 5.32 Å².